The van der Waals surface area contributed by atoms with Crippen LogP contribution in [0.3, 0.4) is 0 Å². The first-order chi connectivity index (χ1) is 8.83. The lowest BCUT2D eigenvalue weighted by Gasteiger charge is -2.22. The second kappa shape index (κ2) is 6.99. The average Bonchev–Trinajstić information content (AvgIpc) is 2.31. The third-order valence-electron chi connectivity index (χ3n) is 3.51. The second-order valence-corrected chi connectivity index (χ2v) is 7.01. The van der Waals surface area contributed by atoms with Gasteiger partial charge in [-0.2, -0.15) is 0 Å². The van der Waals surface area contributed by atoms with E-state index in [1.165, 1.54) is 22.4 Å². The first kappa shape index (κ1) is 16.1. The summed E-state index contributed by atoms with van der Waals surface area (Å²) in [5, 5.41) is 7.53. The minimum Gasteiger partial charge on any atom is -0.387 e. The van der Waals surface area contributed by atoms with Crippen LogP contribution in [0.1, 0.15) is 44.2 Å². The van der Waals surface area contributed by atoms with E-state index in [1.807, 2.05) is 25.6 Å². The summed E-state index contributed by atoms with van der Waals surface area (Å²) in [7, 11) is 0. The van der Waals surface area contributed by atoms with Gasteiger partial charge in [-0.3, -0.25) is 5.41 Å². The first-order valence-corrected chi connectivity index (χ1v) is 7.86. The molecule has 0 spiro atoms. The Morgan fingerprint density at radius 1 is 1.26 bits per heavy atom. The molecule has 0 amide bonds. The molecule has 19 heavy (non-hydrogen) atoms. The molecule has 0 atom stereocenters. The standard InChI is InChI=1S/C16H26N2S/c1-12-7-8-14(13(2)11-12)19-10-6-5-9-16(3,4)15(17)18/h7-8,11H,5-6,9-10H2,1-4H3,(H3,17,18). The van der Waals surface area contributed by atoms with Crippen LogP contribution in [0.15, 0.2) is 23.1 Å². The van der Waals surface area contributed by atoms with Gasteiger partial charge < -0.3 is 5.73 Å². The summed E-state index contributed by atoms with van der Waals surface area (Å²) >= 11 is 1.93. The quantitative estimate of drug-likeness (QED) is 0.333. The van der Waals surface area contributed by atoms with Crippen molar-refractivity contribution in [1.29, 1.82) is 5.41 Å². The Kier molecular flexibility index (Phi) is 5.92. The van der Waals surface area contributed by atoms with Crippen molar-refractivity contribution < 1.29 is 0 Å². The fourth-order valence-electron chi connectivity index (χ4n) is 1.95. The molecule has 0 aliphatic carbocycles. The van der Waals surface area contributed by atoms with Crippen LogP contribution < -0.4 is 5.73 Å². The highest BCUT2D eigenvalue weighted by Crippen LogP contribution is 2.27. The zero-order valence-corrected chi connectivity index (χ0v) is 13.4. The van der Waals surface area contributed by atoms with Crippen molar-refractivity contribution in [2.75, 3.05) is 5.75 Å². The molecule has 0 saturated carbocycles. The van der Waals surface area contributed by atoms with E-state index < -0.39 is 0 Å². The van der Waals surface area contributed by atoms with Gasteiger partial charge >= 0.3 is 0 Å². The predicted molar refractivity (Wildman–Crippen MR) is 86.2 cm³/mol. The van der Waals surface area contributed by atoms with Crippen molar-refractivity contribution >= 4 is 17.6 Å². The smallest absolute Gasteiger partial charge is 0.0963 e. The normalized spacial score (nSPS) is 11.6. The molecule has 1 aromatic carbocycles. The predicted octanol–water partition coefficient (Wildman–Crippen LogP) is 4.53. The number of thioether (sulfide) groups is 1. The maximum atomic E-state index is 7.53. The number of hydrogen-bond donors (Lipinski definition) is 2. The van der Waals surface area contributed by atoms with Gasteiger partial charge in [-0.1, -0.05) is 38.0 Å². The second-order valence-electron chi connectivity index (χ2n) is 5.87. The van der Waals surface area contributed by atoms with Crippen LogP contribution in [0.4, 0.5) is 0 Å². The Labute approximate surface area is 121 Å². The topological polar surface area (TPSA) is 49.9 Å². The largest absolute Gasteiger partial charge is 0.387 e. The van der Waals surface area contributed by atoms with E-state index in [9.17, 15) is 0 Å². The Hall–Kier alpha value is -0.960. The molecule has 0 aliphatic heterocycles. The van der Waals surface area contributed by atoms with E-state index in [4.69, 9.17) is 11.1 Å². The van der Waals surface area contributed by atoms with E-state index in [0.717, 1.165) is 18.6 Å². The highest BCUT2D eigenvalue weighted by molar-refractivity contribution is 7.99. The number of benzene rings is 1. The van der Waals surface area contributed by atoms with Gasteiger partial charge in [-0.05, 0) is 44.1 Å². The lowest BCUT2D eigenvalue weighted by molar-refractivity contribution is 0.448. The third kappa shape index (κ3) is 5.27. The maximum Gasteiger partial charge on any atom is 0.0963 e. The molecule has 0 aliphatic rings. The zero-order valence-electron chi connectivity index (χ0n) is 12.5. The molecular formula is C16H26N2S. The van der Waals surface area contributed by atoms with E-state index in [1.54, 1.807) is 0 Å². The molecule has 0 bridgehead atoms. The Morgan fingerprint density at radius 3 is 2.53 bits per heavy atom. The van der Waals surface area contributed by atoms with Crippen molar-refractivity contribution in [3.05, 3.63) is 29.3 Å². The van der Waals surface area contributed by atoms with Crippen molar-refractivity contribution in [3.63, 3.8) is 0 Å². The fourth-order valence-corrected chi connectivity index (χ4v) is 2.97. The maximum absolute atomic E-state index is 7.53. The average molecular weight is 278 g/mol. The number of nitrogens with two attached hydrogens (primary N) is 1. The number of unbranched alkanes of at least 4 members (excludes halogenated alkanes) is 1. The van der Waals surface area contributed by atoms with Crippen molar-refractivity contribution in [3.8, 4) is 0 Å². The van der Waals surface area contributed by atoms with Crippen molar-refractivity contribution in [2.24, 2.45) is 11.1 Å². The number of hydrogen-bond acceptors (Lipinski definition) is 2. The number of aryl methyl sites for hydroxylation is 2. The zero-order chi connectivity index (χ0) is 14.5. The number of rotatable bonds is 7. The molecule has 106 valence electrons. The Morgan fingerprint density at radius 2 is 1.95 bits per heavy atom. The Balaban J connectivity index is 2.30. The molecule has 1 aromatic rings. The van der Waals surface area contributed by atoms with Crippen LogP contribution in [0.5, 0.6) is 0 Å². The van der Waals surface area contributed by atoms with E-state index >= 15 is 0 Å². The SMILES string of the molecule is Cc1ccc(SCCCCC(C)(C)C(=N)N)c(C)c1. The van der Waals surface area contributed by atoms with Gasteiger partial charge in [0, 0.05) is 10.3 Å². The summed E-state index contributed by atoms with van der Waals surface area (Å²) in [6, 6.07) is 6.63. The first-order valence-electron chi connectivity index (χ1n) is 6.87. The van der Waals surface area contributed by atoms with Crippen LogP contribution in [-0.2, 0) is 0 Å². The third-order valence-corrected chi connectivity index (χ3v) is 4.78. The van der Waals surface area contributed by atoms with Crippen LogP contribution in [0.2, 0.25) is 0 Å². The van der Waals surface area contributed by atoms with Crippen LogP contribution in [-0.4, -0.2) is 11.6 Å². The molecule has 0 fully saturated rings. The lowest BCUT2D eigenvalue weighted by Crippen LogP contribution is -2.30. The van der Waals surface area contributed by atoms with Crippen molar-refractivity contribution in [1.82, 2.24) is 0 Å². The monoisotopic (exact) mass is 278 g/mol. The van der Waals surface area contributed by atoms with Crippen LogP contribution in [0.25, 0.3) is 0 Å². The highest BCUT2D eigenvalue weighted by Gasteiger charge is 2.20. The minimum atomic E-state index is -0.148. The summed E-state index contributed by atoms with van der Waals surface area (Å²) in [4.78, 5) is 1.39. The van der Waals surface area contributed by atoms with Gasteiger partial charge in [0.15, 0.2) is 0 Å². The molecule has 3 N–H and O–H groups in total. The molecule has 0 heterocycles. The molecule has 0 radical (unpaired) electrons. The molecular weight excluding hydrogens is 252 g/mol. The number of nitrogens with one attached hydrogen (secondary N) is 1. The van der Waals surface area contributed by atoms with Gasteiger partial charge in [0.2, 0.25) is 0 Å². The number of amidine groups is 1. The summed E-state index contributed by atoms with van der Waals surface area (Å²) in [5.74, 6) is 1.44. The van der Waals surface area contributed by atoms with Gasteiger partial charge in [0.25, 0.3) is 0 Å². The van der Waals surface area contributed by atoms with E-state index in [2.05, 4.69) is 32.0 Å². The molecule has 1 rings (SSSR count). The van der Waals surface area contributed by atoms with E-state index in [0.29, 0.717) is 5.84 Å². The van der Waals surface area contributed by atoms with Gasteiger partial charge in [-0.15, -0.1) is 11.8 Å². The lowest BCUT2D eigenvalue weighted by atomic mass is 9.86. The van der Waals surface area contributed by atoms with Gasteiger partial charge in [0.05, 0.1) is 5.84 Å². The summed E-state index contributed by atoms with van der Waals surface area (Å²) in [6.45, 7) is 8.40. The fraction of sp³-hybridized carbons (Fsp3) is 0.562. The highest BCUT2D eigenvalue weighted by atomic mass is 32.2. The molecule has 0 aromatic heterocycles. The van der Waals surface area contributed by atoms with Crippen LogP contribution >= 0.6 is 11.8 Å². The van der Waals surface area contributed by atoms with Gasteiger partial charge in [0.1, 0.15) is 0 Å². The van der Waals surface area contributed by atoms with Crippen LogP contribution in [0, 0.1) is 24.7 Å². The molecule has 0 saturated heterocycles. The summed E-state index contributed by atoms with van der Waals surface area (Å²) in [5.41, 5.74) is 8.13. The molecule has 3 heteroatoms. The van der Waals surface area contributed by atoms with Gasteiger partial charge in [-0.25, -0.2) is 0 Å². The molecule has 2 nitrogen and oxygen atoms in total. The summed E-state index contributed by atoms with van der Waals surface area (Å²) < 4.78 is 0. The van der Waals surface area contributed by atoms with Crippen molar-refractivity contribution in [2.45, 2.75) is 51.9 Å². The summed E-state index contributed by atoms with van der Waals surface area (Å²) in [6.07, 6.45) is 3.30. The minimum absolute atomic E-state index is 0.148. The van der Waals surface area contributed by atoms with E-state index in [-0.39, 0.29) is 5.41 Å². The Bertz CT molecular complexity index is 438. The molecule has 0 unspecified atom stereocenters.